The monoisotopic (exact) mass is 233 g/mol. The third-order valence-corrected chi connectivity index (χ3v) is 4.35. The van der Waals surface area contributed by atoms with Gasteiger partial charge in [0, 0.05) is 31.0 Å². The molecular weight excluding hydrogens is 214 g/mol. The predicted molar refractivity (Wildman–Crippen MR) is 65.3 cm³/mol. The van der Waals surface area contributed by atoms with Crippen LogP contribution in [0.25, 0.3) is 0 Å². The van der Waals surface area contributed by atoms with Crippen LogP contribution in [0, 0.1) is 0 Å². The van der Waals surface area contributed by atoms with Crippen molar-refractivity contribution < 1.29 is 9.53 Å². The van der Waals surface area contributed by atoms with Crippen LogP contribution >= 0.6 is 0 Å². The molecule has 3 nitrogen and oxygen atoms in total. The number of Topliss-reactive ketones (excluding diaryl/α,β-unsaturated/α-hetero) is 1. The van der Waals surface area contributed by atoms with Crippen molar-refractivity contribution in [2.24, 2.45) is 0 Å². The predicted octanol–water partition coefficient (Wildman–Crippen LogP) is 2.58. The molecule has 2 aliphatic carbocycles. The van der Waals surface area contributed by atoms with Crippen molar-refractivity contribution in [3.63, 3.8) is 0 Å². The van der Waals surface area contributed by atoms with Gasteiger partial charge in [-0.05, 0) is 38.2 Å². The first-order chi connectivity index (χ1) is 8.24. The average molecular weight is 233 g/mol. The summed E-state index contributed by atoms with van der Waals surface area (Å²) in [6.07, 6.45) is 8.36. The molecule has 0 unspecified atom stereocenters. The molecule has 0 bridgehead atoms. The van der Waals surface area contributed by atoms with E-state index in [0.29, 0.717) is 12.2 Å². The van der Waals surface area contributed by atoms with E-state index in [4.69, 9.17) is 4.74 Å². The number of hydrogen-bond acceptors (Lipinski definition) is 2. The highest BCUT2D eigenvalue weighted by Gasteiger charge is 2.38. The smallest absolute Gasteiger partial charge is 0.164 e. The van der Waals surface area contributed by atoms with E-state index in [1.54, 1.807) is 7.11 Å². The first-order valence-corrected chi connectivity index (χ1v) is 6.50. The summed E-state index contributed by atoms with van der Waals surface area (Å²) in [5, 5.41) is 0. The molecule has 0 amide bonds. The summed E-state index contributed by atoms with van der Waals surface area (Å²) in [7, 11) is 1.81. The van der Waals surface area contributed by atoms with Crippen molar-refractivity contribution in [1.29, 1.82) is 0 Å². The quantitative estimate of drug-likeness (QED) is 0.803. The van der Waals surface area contributed by atoms with Crippen LogP contribution in [-0.2, 0) is 17.7 Å². The van der Waals surface area contributed by atoms with Crippen LogP contribution < -0.4 is 0 Å². The molecule has 0 aliphatic heterocycles. The van der Waals surface area contributed by atoms with E-state index in [1.807, 2.05) is 6.07 Å². The number of nitrogens with zero attached hydrogens (tertiary/aromatic N) is 1. The second-order valence-corrected chi connectivity index (χ2v) is 5.32. The number of ether oxygens (including phenoxy) is 1. The van der Waals surface area contributed by atoms with Crippen LogP contribution in [0.4, 0.5) is 0 Å². The average Bonchev–Trinajstić information content (AvgIpc) is 2.68. The van der Waals surface area contributed by atoms with E-state index in [-0.39, 0.29) is 5.60 Å². The molecule has 92 valence electrons. The fraction of sp³-hybridized carbons (Fsp3) is 0.643. The molecule has 0 spiro atoms. The van der Waals surface area contributed by atoms with Crippen LogP contribution in [0.5, 0.6) is 0 Å². The Kier molecular flexibility index (Phi) is 2.58. The molecule has 0 saturated heterocycles. The summed E-state index contributed by atoms with van der Waals surface area (Å²) in [5.74, 6) is 0.310. The molecule has 1 heterocycles. The Hall–Kier alpha value is -1.09. The first kappa shape index (κ1) is 11.0. The zero-order chi connectivity index (χ0) is 11.9. The number of hydrogen-bond donors (Lipinski definition) is 0. The Balaban J connectivity index is 1.87. The largest absolute Gasteiger partial charge is 0.376 e. The van der Waals surface area contributed by atoms with Crippen LogP contribution in [-0.4, -0.2) is 23.1 Å². The highest BCUT2D eigenvalue weighted by atomic mass is 16.5. The molecule has 1 aromatic rings. The molecule has 3 heteroatoms. The summed E-state index contributed by atoms with van der Waals surface area (Å²) >= 11 is 0. The third kappa shape index (κ3) is 1.73. The van der Waals surface area contributed by atoms with E-state index in [0.717, 1.165) is 37.8 Å². The van der Waals surface area contributed by atoms with Gasteiger partial charge < -0.3 is 9.30 Å². The van der Waals surface area contributed by atoms with E-state index in [2.05, 4.69) is 10.8 Å². The molecule has 0 radical (unpaired) electrons. The molecular formula is C14H19NO2. The minimum Gasteiger partial charge on any atom is -0.376 e. The van der Waals surface area contributed by atoms with E-state index in [1.165, 1.54) is 12.1 Å². The van der Waals surface area contributed by atoms with Gasteiger partial charge in [-0.3, -0.25) is 4.79 Å². The van der Waals surface area contributed by atoms with Crippen LogP contribution in [0.1, 0.15) is 48.2 Å². The molecule has 17 heavy (non-hydrogen) atoms. The Bertz CT molecular complexity index is 438. The SMILES string of the molecule is COC1(Cn2ccc3c2CCCC3=O)CCC1. The molecule has 0 atom stereocenters. The Labute approximate surface area is 102 Å². The van der Waals surface area contributed by atoms with E-state index < -0.39 is 0 Å². The van der Waals surface area contributed by atoms with Gasteiger partial charge in [-0.1, -0.05) is 0 Å². The van der Waals surface area contributed by atoms with Crippen LogP contribution in [0.15, 0.2) is 12.3 Å². The lowest BCUT2D eigenvalue weighted by molar-refractivity contribution is -0.0838. The minimum absolute atomic E-state index is 0.0350. The Morgan fingerprint density at radius 2 is 2.18 bits per heavy atom. The lowest BCUT2D eigenvalue weighted by Crippen LogP contribution is -2.43. The number of carbonyl (C=O) groups excluding carboxylic acids is 1. The standard InChI is InChI=1S/C14H19NO2/c1-17-14(7-3-8-14)10-15-9-6-11-12(15)4-2-5-13(11)16/h6,9H,2-5,7-8,10H2,1H3. The fourth-order valence-corrected chi connectivity index (χ4v) is 3.05. The first-order valence-electron chi connectivity index (χ1n) is 6.50. The number of ketones is 1. The highest BCUT2D eigenvalue weighted by Crippen LogP contribution is 2.37. The lowest BCUT2D eigenvalue weighted by Gasteiger charge is -2.41. The molecule has 1 aromatic heterocycles. The van der Waals surface area contributed by atoms with E-state index >= 15 is 0 Å². The van der Waals surface area contributed by atoms with Gasteiger partial charge in [-0.15, -0.1) is 0 Å². The molecule has 0 aromatic carbocycles. The van der Waals surface area contributed by atoms with Gasteiger partial charge in [-0.2, -0.15) is 0 Å². The van der Waals surface area contributed by atoms with Crippen molar-refractivity contribution in [3.8, 4) is 0 Å². The van der Waals surface area contributed by atoms with Crippen LogP contribution in [0.2, 0.25) is 0 Å². The molecule has 1 fully saturated rings. The number of carbonyl (C=O) groups is 1. The maximum absolute atomic E-state index is 11.8. The van der Waals surface area contributed by atoms with Gasteiger partial charge in [0.2, 0.25) is 0 Å². The third-order valence-electron chi connectivity index (χ3n) is 4.35. The molecule has 2 aliphatic rings. The van der Waals surface area contributed by atoms with Gasteiger partial charge in [0.25, 0.3) is 0 Å². The fourth-order valence-electron chi connectivity index (χ4n) is 3.05. The maximum atomic E-state index is 11.8. The van der Waals surface area contributed by atoms with Crippen molar-refractivity contribution in [1.82, 2.24) is 4.57 Å². The summed E-state index contributed by atoms with van der Waals surface area (Å²) in [6, 6.07) is 1.98. The van der Waals surface area contributed by atoms with Crippen LogP contribution in [0.3, 0.4) is 0 Å². The van der Waals surface area contributed by atoms with Gasteiger partial charge in [-0.25, -0.2) is 0 Å². The summed E-state index contributed by atoms with van der Waals surface area (Å²) in [4.78, 5) is 11.8. The molecule has 3 rings (SSSR count). The summed E-state index contributed by atoms with van der Waals surface area (Å²) in [5.41, 5.74) is 2.21. The van der Waals surface area contributed by atoms with Gasteiger partial charge in [0.05, 0.1) is 12.1 Å². The van der Waals surface area contributed by atoms with Gasteiger partial charge in [0.15, 0.2) is 5.78 Å². The number of aromatic nitrogens is 1. The number of methoxy groups -OCH3 is 1. The van der Waals surface area contributed by atoms with Crippen molar-refractivity contribution >= 4 is 5.78 Å². The number of fused-ring (bicyclic) bond motifs is 1. The molecule has 0 N–H and O–H groups in total. The minimum atomic E-state index is 0.0350. The second-order valence-electron chi connectivity index (χ2n) is 5.32. The zero-order valence-electron chi connectivity index (χ0n) is 10.4. The van der Waals surface area contributed by atoms with Crippen molar-refractivity contribution in [2.75, 3.05) is 7.11 Å². The Morgan fingerprint density at radius 1 is 1.35 bits per heavy atom. The zero-order valence-corrected chi connectivity index (χ0v) is 10.4. The Morgan fingerprint density at radius 3 is 2.82 bits per heavy atom. The van der Waals surface area contributed by atoms with Crippen molar-refractivity contribution in [3.05, 3.63) is 23.5 Å². The normalized spacial score (nSPS) is 22.1. The highest BCUT2D eigenvalue weighted by molar-refractivity contribution is 5.98. The van der Waals surface area contributed by atoms with E-state index in [9.17, 15) is 4.79 Å². The molecule has 1 saturated carbocycles. The summed E-state index contributed by atoms with van der Waals surface area (Å²) in [6.45, 7) is 0.909. The lowest BCUT2D eigenvalue weighted by atomic mass is 9.80. The number of rotatable bonds is 3. The summed E-state index contributed by atoms with van der Waals surface area (Å²) < 4.78 is 7.90. The van der Waals surface area contributed by atoms with Gasteiger partial charge in [0.1, 0.15) is 0 Å². The van der Waals surface area contributed by atoms with Crippen molar-refractivity contribution in [2.45, 2.75) is 50.7 Å². The van der Waals surface area contributed by atoms with Gasteiger partial charge >= 0.3 is 0 Å². The second kappa shape index (κ2) is 3.98. The maximum Gasteiger partial charge on any atom is 0.164 e. The topological polar surface area (TPSA) is 31.2 Å².